The van der Waals surface area contributed by atoms with Gasteiger partial charge < -0.3 is 4.74 Å². The Morgan fingerprint density at radius 2 is 2.56 bits per heavy atom. The van der Waals surface area contributed by atoms with E-state index < -0.39 is 0 Å². The van der Waals surface area contributed by atoms with Crippen LogP contribution in [0.3, 0.4) is 0 Å². The Morgan fingerprint density at radius 1 is 1.78 bits per heavy atom. The Morgan fingerprint density at radius 3 is 3.33 bits per heavy atom. The van der Waals surface area contributed by atoms with Gasteiger partial charge in [0.1, 0.15) is 0 Å². The first kappa shape index (κ1) is 6.93. The molecule has 0 aromatic heterocycles. The van der Waals surface area contributed by atoms with Crippen LogP contribution in [0, 0.1) is 0 Å². The van der Waals surface area contributed by atoms with Crippen molar-refractivity contribution < 1.29 is 9.53 Å². The molecule has 1 atom stereocenters. The average Bonchev–Trinajstić information content (AvgIpc) is 1.97. The van der Waals surface area contributed by atoms with Gasteiger partial charge >= 0.3 is 5.97 Å². The molecule has 1 aliphatic rings. The van der Waals surface area contributed by atoms with E-state index in [0.29, 0.717) is 17.6 Å². The standard InChI is InChI=1S/C6H10O2S/c1-5-2-3-8-6(7)4-9-5/h5H,2-4H2,1H3. The number of rotatable bonds is 0. The van der Waals surface area contributed by atoms with Gasteiger partial charge in [0.25, 0.3) is 0 Å². The van der Waals surface area contributed by atoms with Gasteiger partial charge in [0, 0.05) is 5.25 Å². The molecule has 2 nitrogen and oxygen atoms in total. The quantitative estimate of drug-likeness (QED) is 0.478. The van der Waals surface area contributed by atoms with Crippen molar-refractivity contribution >= 4 is 17.7 Å². The minimum absolute atomic E-state index is 0.0654. The Labute approximate surface area is 59.0 Å². The lowest BCUT2D eigenvalue weighted by Crippen LogP contribution is -2.04. The molecule has 9 heavy (non-hydrogen) atoms. The molecule has 1 rings (SSSR count). The van der Waals surface area contributed by atoms with E-state index in [4.69, 9.17) is 4.74 Å². The third-order valence-corrected chi connectivity index (χ3v) is 2.48. The van der Waals surface area contributed by atoms with Crippen LogP contribution in [0.4, 0.5) is 0 Å². The molecule has 0 radical (unpaired) electrons. The zero-order valence-electron chi connectivity index (χ0n) is 5.42. The van der Waals surface area contributed by atoms with Crippen molar-refractivity contribution in [2.45, 2.75) is 18.6 Å². The van der Waals surface area contributed by atoms with Crippen LogP contribution in [0.25, 0.3) is 0 Å². The van der Waals surface area contributed by atoms with Gasteiger partial charge in [-0.25, -0.2) is 0 Å². The number of hydrogen-bond acceptors (Lipinski definition) is 3. The summed E-state index contributed by atoms with van der Waals surface area (Å²) in [5, 5.41) is 0.580. The maximum Gasteiger partial charge on any atom is 0.315 e. The van der Waals surface area contributed by atoms with Crippen LogP contribution in [0.15, 0.2) is 0 Å². The van der Waals surface area contributed by atoms with Gasteiger partial charge in [-0.15, -0.1) is 11.8 Å². The summed E-state index contributed by atoms with van der Waals surface area (Å²) in [4.78, 5) is 10.6. The topological polar surface area (TPSA) is 26.3 Å². The molecular formula is C6H10O2S. The highest BCUT2D eigenvalue weighted by Gasteiger charge is 2.12. The third-order valence-electron chi connectivity index (χ3n) is 1.27. The van der Waals surface area contributed by atoms with E-state index in [9.17, 15) is 4.79 Å². The number of esters is 1. The van der Waals surface area contributed by atoms with Gasteiger partial charge in [0.2, 0.25) is 0 Å². The zero-order valence-corrected chi connectivity index (χ0v) is 6.24. The molecule has 1 aliphatic heterocycles. The lowest BCUT2D eigenvalue weighted by molar-refractivity contribution is -0.140. The van der Waals surface area contributed by atoms with Crippen molar-refractivity contribution in [3.63, 3.8) is 0 Å². The summed E-state index contributed by atoms with van der Waals surface area (Å²) < 4.78 is 4.81. The first-order valence-electron chi connectivity index (χ1n) is 3.06. The largest absolute Gasteiger partial charge is 0.465 e. The smallest absolute Gasteiger partial charge is 0.315 e. The maximum absolute atomic E-state index is 10.6. The van der Waals surface area contributed by atoms with Gasteiger partial charge in [-0.3, -0.25) is 4.79 Å². The van der Waals surface area contributed by atoms with E-state index in [0.717, 1.165) is 6.42 Å². The summed E-state index contributed by atoms with van der Waals surface area (Å²) in [5.74, 6) is 0.464. The van der Waals surface area contributed by atoms with E-state index >= 15 is 0 Å². The Bertz CT molecular complexity index is 114. The van der Waals surface area contributed by atoms with Crippen molar-refractivity contribution in [3.05, 3.63) is 0 Å². The Kier molecular flexibility index (Phi) is 2.39. The van der Waals surface area contributed by atoms with Crippen LogP contribution in [-0.4, -0.2) is 23.6 Å². The van der Waals surface area contributed by atoms with Crippen LogP contribution in [-0.2, 0) is 9.53 Å². The van der Waals surface area contributed by atoms with Gasteiger partial charge in [-0.05, 0) is 6.42 Å². The monoisotopic (exact) mass is 146 g/mol. The van der Waals surface area contributed by atoms with Crippen LogP contribution >= 0.6 is 11.8 Å². The Hall–Kier alpha value is -0.180. The van der Waals surface area contributed by atoms with Gasteiger partial charge in [0.05, 0.1) is 12.4 Å². The molecule has 0 N–H and O–H groups in total. The summed E-state index contributed by atoms with van der Waals surface area (Å²) in [6, 6.07) is 0. The molecule has 0 bridgehead atoms. The van der Waals surface area contributed by atoms with Gasteiger partial charge in [0.15, 0.2) is 0 Å². The van der Waals surface area contributed by atoms with Crippen LogP contribution in [0.5, 0.6) is 0 Å². The molecule has 1 saturated heterocycles. The molecule has 3 heteroatoms. The molecule has 0 aromatic carbocycles. The predicted molar refractivity (Wildman–Crippen MR) is 37.5 cm³/mol. The van der Waals surface area contributed by atoms with Crippen molar-refractivity contribution in [2.24, 2.45) is 0 Å². The summed E-state index contributed by atoms with van der Waals surface area (Å²) in [7, 11) is 0. The SMILES string of the molecule is CC1CCOC(=O)CS1. The van der Waals surface area contributed by atoms with Crippen LogP contribution < -0.4 is 0 Å². The molecule has 52 valence electrons. The highest BCUT2D eigenvalue weighted by Crippen LogP contribution is 2.17. The van der Waals surface area contributed by atoms with E-state index in [-0.39, 0.29) is 5.97 Å². The predicted octanol–water partition coefficient (Wildman–Crippen LogP) is 1.06. The average molecular weight is 146 g/mol. The van der Waals surface area contributed by atoms with Crippen LogP contribution in [0.2, 0.25) is 0 Å². The molecule has 1 heterocycles. The minimum atomic E-state index is -0.0654. The fraction of sp³-hybridized carbons (Fsp3) is 0.833. The second kappa shape index (κ2) is 3.11. The van der Waals surface area contributed by atoms with E-state index in [1.165, 1.54) is 0 Å². The number of ether oxygens (including phenoxy) is 1. The number of thioether (sulfide) groups is 1. The molecule has 1 fully saturated rings. The zero-order chi connectivity index (χ0) is 6.69. The second-order valence-corrected chi connectivity index (χ2v) is 3.56. The summed E-state index contributed by atoms with van der Waals surface area (Å²) in [6.07, 6.45) is 0.996. The highest BCUT2D eigenvalue weighted by atomic mass is 32.2. The molecule has 1 unspecified atom stereocenters. The van der Waals surface area contributed by atoms with Gasteiger partial charge in [-0.2, -0.15) is 0 Å². The van der Waals surface area contributed by atoms with E-state index in [1.54, 1.807) is 11.8 Å². The lowest BCUT2D eigenvalue weighted by atomic mass is 10.3. The minimum Gasteiger partial charge on any atom is -0.465 e. The first-order valence-corrected chi connectivity index (χ1v) is 4.11. The molecule has 0 spiro atoms. The number of hydrogen-bond donors (Lipinski definition) is 0. The maximum atomic E-state index is 10.6. The molecule has 0 amide bonds. The third kappa shape index (κ3) is 2.26. The van der Waals surface area contributed by atoms with Gasteiger partial charge in [-0.1, -0.05) is 6.92 Å². The number of carbonyl (C=O) groups excluding carboxylic acids is 1. The van der Waals surface area contributed by atoms with Crippen molar-refractivity contribution in [3.8, 4) is 0 Å². The molecule has 0 aliphatic carbocycles. The molecule has 0 saturated carbocycles. The van der Waals surface area contributed by atoms with E-state index in [1.807, 2.05) is 0 Å². The first-order chi connectivity index (χ1) is 4.29. The summed E-state index contributed by atoms with van der Waals surface area (Å²) in [6.45, 7) is 2.72. The Balaban J connectivity index is 2.34. The summed E-state index contributed by atoms with van der Waals surface area (Å²) >= 11 is 1.67. The van der Waals surface area contributed by atoms with Crippen molar-refractivity contribution in [1.82, 2.24) is 0 Å². The highest BCUT2D eigenvalue weighted by molar-refractivity contribution is 8.00. The van der Waals surface area contributed by atoms with Crippen molar-refractivity contribution in [1.29, 1.82) is 0 Å². The number of carbonyl (C=O) groups is 1. The lowest BCUT2D eigenvalue weighted by Gasteiger charge is -2.00. The molecule has 0 aromatic rings. The second-order valence-electron chi connectivity index (χ2n) is 2.13. The van der Waals surface area contributed by atoms with Crippen molar-refractivity contribution in [2.75, 3.05) is 12.4 Å². The molecular weight excluding hydrogens is 136 g/mol. The summed E-state index contributed by atoms with van der Waals surface area (Å²) in [5.41, 5.74) is 0. The normalized spacial score (nSPS) is 29.0. The van der Waals surface area contributed by atoms with Crippen LogP contribution in [0.1, 0.15) is 13.3 Å². The van der Waals surface area contributed by atoms with E-state index in [2.05, 4.69) is 6.92 Å². The number of cyclic esters (lactones) is 1. The fourth-order valence-corrected chi connectivity index (χ4v) is 1.44. The fourth-order valence-electron chi connectivity index (χ4n) is 0.674.